The number of alkyl halides is 2. The Morgan fingerprint density at radius 1 is 1.26 bits per heavy atom. The first-order valence-electron chi connectivity index (χ1n) is 6.02. The van der Waals surface area contributed by atoms with E-state index in [9.17, 15) is 18.7 Å². The molecule has 6 heteroatoms. The molecule has 2 rings (SSSR count). The molecule has 0 unspecified atom stereocenters. The van der Waals surface area contributed by atoms with Crippen LogP contribution in [0.4, 0.5) is 14.5 Å². The number of carboxylic acids is 1. The van der Waals surface area contributed by atoms with Gasteiger partial charge in [0.1, 0.15) is 11.2 Å². The van der Waals surface area contributed by atoms with Gasteiger partial charge in [-0.15, -0.1) is 0 Å². The van der Waals surface area contributed by atoms with E-state index in [1.54, 1.807) is 23.1 Å². The Hall–Kier alpha value is -1.85. The lowest BCUT2D eigenvalue weighted by atomic mass is 9.78. The van der Waals surface area contributed by atoms with Crippen LogP contribution in [-0.4, -0.2) is 35.7 Å². The van der Waals surface area contributed by atoms with Crippen LogP contribution in [0.1, 0.15) is 12.8 Å². The summed E-state index contributed by atoms with van der Waals surface area (Å²) < 4.78 is 26.0. The second-order valence-corrected chi connectivity index (χ2v) is 4.74. The zero-order valence-electron chi connectivity index (χ0n) is 10.2. The van der Waals surface area contributed by atoms with Crippen LogP contribution < -0.4 is 4.90 Å². The average molecular weight is 271 g/mol. The average Bonchev–Trinajstić information content (AvgIpc) is 2.39. The summed E-state index contributed by atoms with van der Waals surface area (Å²) in [5, 5.41) is 18.7. The van der Waals surface area contributed by atoms with Crippen LogP contribution in [0.15, 0.2) is 24.3 Å². The fourth-order valence-electron chi connectivity index (χ4n) is 2.40. The number of carbonyl (C=O) groups is 1. The first-order valence-corrected chi connectivity index (χ1v) is 6.02. The summed E-state index contributed by atoms with van der Waals surface area (Å²) in [6.45, 7) is 0.377. The standard InChI is InChI=1S/C13H15F2NO3/c14-11(15)13(12(18)19)5-7-16(8-6-13)9-3-1-2-4-10(9)17/h1-4,11,17H,5-8H2,(H,18,19). The van der Waals surface area contributed by atoms with Gasteiger partial charge in [-0.05, 0) is 25.0 Å². The van der Waals surface area contributed by atoms with Crippen molar-refractivity contribution >= 4 is 11.7 Å². The number of halogens is 2. The van der Waals surface area contributed by atoms with Crippen molar-refractivity contribution in [3.8, 4) is 5.75 Å². The zero-order chi connectivity index (χ0) is 14.0. The van der Waals surface area contributed by atoms with Crippen LogP contribution in [0, 0.1) is 5.41 Å². The van der Waals surface area contributed by atoms with E-state index in [0.29, 0.717) is 5.69 Å². The number of phenolic OH excluding ortho intramolecular Hbond substituents is 1. The quantitative estimate of drug-likeness (QED) is 0.885. The number of benzene rings is 1. The number of aromatic hydroxyl groups is 1. The van der Waals surface area contributed by atoms with Gasteiger partial charge >= 0.3 is 5.97 Å². The highest BCUT2D eigenvalue weighted by Gasteiger charge is 2.49. The molecule has 1 aromatic carbocycles. The highest BCUT2D eigenvalue weighted by atomic mass is 19.3. The van der Waals surface area contributed by atoms with E-state index in [2.05, 4.69) is 0 Å². The number of carboxylic acid groups (broad SMARTS) is 1. The van der Waals surface area contributed by atoms with E-state index in [4.69, 9.17) is 5.11 Å². The third-order valence-electron chi connectivity index (χ3n) is 3.72. The molecule has 0 aliphatic carbocycles. The lowest BCUT2D eigenvalue weighted by molar-refractivity contribution is -0.161. The Balaban J connectivity index is 2.15. The van der Waals surface area contributed by atoms with E-state index < -0.39 is 17.8 Å². The number of hydrogen-bond donors (Lipinski definition) is 2. The maximum atomic E-state index is 13.0. The van der Waals surface area contributed by atoms with E-state index in [1.807, 2.05) is 0 Å². The molecule has 1 heterocycles. The van der Waals surface area contributed by atoms with E-state index in [0.717, 1.165) is 0 Å². The summed E-state index contributed by atoms with van der Waals surface area (Å²) in [5.74, 6) is -1.37. The number of nitrogens with zero attached hydrogens (tertiary/aromatic N) is 1. The largest absolute Gasteiger partial charge is 0.506 e. The van der Waals surface area contributed by atoms with Crippen molar-refractivity contribution in [1.29, 1.82) is 0 Å². The van der Waals surface area contributed by atoms with Crippen LogP contribution >= 0.6 is 0 Å². The molecule has 0 aromatic heterocycles. The number of phenols is 1. The fraction of sp³-hybridized carbons (Fsp3) is 0.462. The van der Waals surface area contributed by atoms with Crippen LogP contribution in [-0.2, 0) is 4.79 Å². The molecule has 0 radical (unpaired) electrons. The number of aliphatic carboxylic acids is 1. The van der Waals surface area contributed by atoms with Crippen molar-refractivity contribution in [1.82, 2.24) is 0 Å². The maximum absolute atomic E-state index is 13.0. The van der Waals surface area contributed by atoms with Gasteiger partial charge in [0.15, 0.2) is 0 Å². The summed E-state index contributed by atoms with van der Waals surface area (Å²) >= 11 is 0. The van der Waals surface area contributed by atoms with Crippen molar-refractivity contribution in [2.45, 2.75) is 19.3 Å². The molecular weight excluding hydrogens is 256 g/mol. The highest BCUT2D eigenvalue weighted by molar-refractivity contribution is 5.76. The van der Waals surface area contributed by atoms with Crippen LogP contribution in [0.5, 0.6) is 5.75 Å². The predicted octanol–water partition coefficient (Wildman–Crippen LogP) is 2.33. The van der Waals surface area contributed by atoms with Gasteiger partial charge in [-0.1, -0.05) is 12.1 Å². The topological polar surface area (TPSA) is 60.8 Å². The molecule has 0 saturated carbocycles. The summed E-state index contributed by atoms with van der Waals surface area (Å²) in [4.78, 5) is 12.8. The summed E-state index contributed by atoms with van der Waals surface area (Å²) in [6.07, 6.45) is -3.14. The highest BCUT2D eigenvalue weighted by Crippen LogP contribution is 2.40. The van der Waals surface area contributed by atoms with Gasteiger partial charge in [-0.3, -0.25) is 4.79 Å². The molecule has 1 saturated heterocycles. The molecule has 1 aliphatic rings. The first kappa shape index (κ1) is 13.6. The predicted molar refractivity (Wildman–Crippen MR) is 65.6 cm³/mol. The van der Waals surface area contributed by atoms with Crippen molar-refractivity contribution in [2.75, 3.05) is 18.0 Å². The summed E-state index contributed by atoms with van der Waals surface area (Å²) in [7, 11) is 0. The number of rotatable bonds is 3. The minimum atomic E-state index is -2.88. The van der Waals surface area contributed by atoms with Crippen molar-refractivity contribution in [3.05, 3.63) is 24.3 Å². The molecule has 4 nitrogen and oxygen atoms in total. The molecular formula is C13H15F2NO3. The SMILES string of the molecule is O=C(O)C1(C(F)F)CCN(c2ccccc2O)CC1. The van der Waals surface area contributed by atoms with Crippen molar-refractivity contribution in [3.63, 3.8) is 0 Å². The third-order valence-corrected chi connectivity index (χ3v) is 3.72. The monoisotopic (exact) mass is 271 g/mol. The van der Waals surface area contributed by atoms with E-state index >= 15 is 0 Å². The summed E-state index contributed by atoms with van der Waals surface area (Å²) in [6, 6.07) is 6.61. The molecule has 0 amide bonds. The smallest absolute Gasteiger partial charge is 0.315 e. The van der Waals surface area contributed by atoms with Gasteiger partial charge in [0.2, 0.25) is 0 Å². The second-order valence-electron chi connectivity index (χ2n) is 4.74. The molecule has 104 valence electrons. The lowest BCUT2D eigenvalue weighted by Gasteiger charge is -2.39. The van der Waals surface area contributed by atoms with Crippen LogP contribution in [0.3, 0.4) is 0 Å². The Bertz CT molecular complexity index is 471. The molecule has 19 heavy (non-hydrogen) atoms. The van der Waals surface area contributed by atoms with Gasteiger partial charge in [0, 0.05) is 13.1 Å². The zero-order valence-corrected chi connectivity index (χ0v) is 10.2. The maximum Gasteiger partial charge on any atom is 0.315 e. The molecule has 0 spiro atoms. The number of hydrogen-bond acceptors (Lipinski definition) is 3. The van der Waals surface area contributed by atoms with Crippen molar-refractivity contribution < 1.29 is 23.8 Å². The molecule has 2 N–H and O–H groups in total. The molecule has 0 bridgehead atoms. The number of piperidine rings is 1. The van der Waals surface area contributed by atoms with Gasteiger partial charge in [-0.2, -0.15) is 0 Å². The second kappa shape index (κ2) is 5.03. The van der Waals surface area contributed by atoms with E-state index in [1.165, 1.54) is 6.07 Å². The normalized spacial score (nSPS) is 18.6. The number of anilines is 1. The Kier molecular flexibility index (Phi) is 3.59. The van der Waals surface area contributed by atoms with Crippen LogP contribution in [0.2, 0.25) is 0 Å². The minimum absolute atomic E-state index is 0.0716. The van der Waals surface area contributed by atoms with Crippen molar-refractivity contribution in [2.24, 2.45) is 5.41 Å². The van der Waals surface area contributed by atoms with Crippen LogP contribution in [0.25, 0.3) is 0 Å². The first-order chi connectivity index (χ1) is 8.97. The fourth-order valence-corrected chi connectivity index (χ4v) is 2.40. The Morgan fingerprint density at radius 2 is 1.84 bits per heavy atom. The van der Waals surface area contributed by atoms with Gasteiger partial charge in [-0.25, -0.2) is 8.78 Å². The molecule has 1 fully saturated rings. The molecule has 1 aromatic rings. The lowest BCUT2D eigenvalue weighted by Crippen LogP contribution is -2.48. The third kappa shape index (κ3) is 2.34. The minimum Gasteiger partial charge on any atom is -0.506 e. The Morgan fingerprint density at radius 3 is 2.32 bits per heavy atom. The molecule has 1 aliphatic heterocycles. The van der Waals surface area contributed by atoms with Gasteiger partial charge in [0.05, 0.1) is 5.69 Å². The summed E-state index contributed by atoms with van der Waals surface area (Å²) in [5.41, 5.74) is -1.41. The Labute approximate surface area is 109 Å². The molecule has 0 atom stereocenters. The van der Waals surface area contributed by atoms with Gasteiger partial charge < -0.3 is 15.1 Å². The van der Waals surface area contributed by atoms with E-state index in [-0.39, 0.29) is 31.7 Å². The van der Waals surface area contributed by atoms with Gasteiger partial charge in [0.25, 0.3) is 6.43 Å². The number of para-hydroxylation sites is 2.